The smallest absolute Gasteiger partial charge is 0.264 e. The fourth-order valence-electron chi connectivity index (χ4n) is 11.0. The lowest BCUT2D eigenvalue weighted by Crippen LogP contribution is -2.52. The number of anilines is 1. The molecule has 57 heavy (non-hydrogen) atoms. The van der Waals surface area contributed by atoms with Crippen LogP contribution in [0.3, 0.4) is 0 Å². The molecule has 7 atom stereocenters. The minimum absolute atomic E-state index is 0.0371. The van der Waals surface area contributed by atoms with Crippen LogP contribution in [0.2, 0.25) is 5.02 Å². The Hall–Kier alpha value is -2.74. The lowest BCUT2D eigenvalue weighted by atomic mass is 9.64. The normalized spacial score (nSPS) is 33.4. The summed E-state index contributed by atoms with van der Waals surface area (Å²) < 4.78 is 64.6. The maximum Gasteiger partial charge on any atom is 0.264 e. The van der Waals surface area contributed by atoms with E-state index in [0.29, 0.717) is 55.4 Å². The first-order chi connectivity index (χ1) is 27.5. The van der Waals surface area contributed by atoms with E-state index in [-0.39, 0.29) is 34.3 Å². The zero-order valence-corrected chi connectivity index (χ0v) is 35.0. The van der Waals surface area contributed by atoms with Crippen molar-refractivity contribution >= 4 is 33.2 Å². The third-order valence-electron chi connectivity index (χ3n) is 15.0. The molecule has 8 aliphatic rings. The second-order valence-electron chi connectivity index (χ2n) is 18.0. The van der Waals surface area contributed by atoms with E-state index in [1.165, 1.54) is 5.57 Å². The molecule has 3 fully saturated rings. The van der Waals surface area contributed by atoms with Crippen molar-refractivity contribution in [2.45, 2.75) is 88.0 Å². The number of carbonyl (C=O) groups excluding carboxylic acids is 1. The first kappa shape index (κ1) is 39.7. The molecule has 0 aromatic heterocycles. The molecule has 0 unspecified atom stereocenters. The quantitative estimate of drug-likeness (QED) is 0.354. The summed E-state index contributed by atoms with van der Waals surface area (Å²) in [4.78, 5) is 21.2. The van der Waals surface area contributed by atoms with Crippen LogP contribution in [0.5, 0.6) is 5.75 Å². The van der Waals surface area contributed by atoms with Gasteiger partial charge in [0.15, 0.2) is 0 Å². The zero-order valence-electron chi connectivity index (χ0n) is 33.4. The average molecular weight is 825 g/mol. The van der Waals surface area contributed by atoms with Crippen molar-refractivity contribution in [2.24, 2.45) is 23.7 Å². The van der Waals surface area contributed by atoms with Crippen LogP contribution in [0.25, 0.3) is 0 Å². The van der Waals surface area contributed by atoms with Crippen LogP contribution in [0, 0.1) is 29.5 Å². The molecule has 2 saturated heterocycles. The first-order valence-corrected chi connectivity index (χ1v) is 23.3. The van der Waals surface area contributed by atoms with Gasteiger partial charge in [0, 0.05) is 76.0 Å². The SMILES string of the molecule is C[C@@H]1[C@@H](C)S(=O)(=O)NC(=O)c2ccc3c(c2)N(C[C@@H]2CC[C@H]2[C@@H](OCCN2CCN(C4CCOCC4)CC2)C2=C[C@H]1C2)C[C@@]1(CCCc2c1ccc(Cl)c2F)CO3. The second-order valence-corrected chi connectivity index (χ2v) is 20.5. The summed E-state index contributed by atoms with van der Waals surface area (Å²) in [6.07, 6.45) is 9.64. The number of nitrogens with one attached hydrogen (secondary N) is 1. The minimum Gasteiger partial charge on any atom is -0.490 e. The van der Waals surface area contributed by atoms with E-state index >= 15 is 4.39 Å². The van der Waals surface area contributed by atoms with Gasteiger partial charge in [-0.1, -0.05) is 30.7 Å². The molecule has 1 amide bonds. The van der Waals surface area contributed by atoms with Gasteiger partial charge in [0.1, 0.15) is 11.6 Å². The molecule has 2 aromatic carbocycles. The Morgan fingerprint density at radius 2 is 1.84 bits per heavy atom. The largest absolute Gasteiger partial charge is 0.490 e. The Labute approximate surface area is 342 Å². The number of halogens is 2. The molecular weight excluding hydrogens is 767 g/mol. The van der Waals surface area contributed by atoms with E-state index in [2.05, 4.69) is 25.5 Å². The van der Waals surface area contributed by atoms with Gasteiger partial charge in [0.05, 0.1) is 35.3 Å². The lowest BCUT2D eigenvalue weighted by Gasteiger charge is -2.49. The summed E-state index contributed by atoms with van der Waals surface area (Å²) in [6, 6.07) is 9.50. The topological polar surface area (TPSA) is 101 Å². The molecule has 13 heteroatoms. The molecule has 4 bridgehead atoms. The highest BCUT2D eigenvalue weighted by atomic mass is 35.5. The molecule has 10 rings (SSSR count). The highest BCUT2D eigenvalue weighted by Crippen LogP contribution is 2.50. The van der Waals surface area contributed by atoms with Gasteiger partial charge in [-0.3, -0.25) is 14.6 Å². The molecule has 3 aliphatic carbocycles. The molecule has 10 nitrogen and oxygen atoms in total. The van der Waals surface area contributed by atoms with Crippen molar-refractivity contribution < 1.29 is 31.8 Å². The number of benzene rings is 2. The number of fused-ring (bicyclic) bond motifs is 6. The lowest BCUT2D eigenvalue weighted by molar-refractivity contribution is -0.0384. The summed E-state index contributed by atoms with van der Waals surface area (Å²) >= 11 is 6.31. The van der Waals surface area contributed by atoms with E-state index < -0.39 is 26.6 Å². The Morgan fingerprint density at radius 1 is 1.05 bits per heavy atom. The van der Waals surface area contributed by atoms with E-state index in [1.54, 1.807) is 31.2 Å². The number of amides is 1. The molecule has 5 heterocycles. The number of hydrogen-bond donors (Lipinski definition) is 1. The summed E-state index contributed by atoms with van der Waals surface area (Å²) in [7, 11) is -3.98. The maximum atomic E-state index is 15.6. The standard InChI is InChI=1S/C44H58ClFN4O6S/c1-28-29(2)57(52,53)47-43(51)30-6-10-40-39(24-30)50(26-44(27-56-40)13-3-4-36-37(44)8-9-38(45)41(36)46)25-31-5-7-35(31)42(33-22-32(28)23-33)55-21-18-48-14-16-49(17-15-48)34-11-19-54-20-12-34/h6,8-10,22,24,28-29,31-32,34-35,42H,3-5,7,11-21,23,25-27H2,1-2H3,(H,47,51)/t28-,29-,31+,32+,35-,42+,44+/m1/s1. The Balaban J connectivity index is 1.00. The molecule has 310 valence electrons. The fraction of sp³-hybridized carbons (Fsp3) is 0.659. The van der Waals surface area contributed by atoms with E-state index in [9.17, 15) is 13.2 Å². The van der Waals surface area contributed by atoms with Crippen molar-refractivity contribution in [1.29, 1.82) is 0 Å². The molecule has 5 aliphatic heterocycles. The number of hydrogen-bond acceptors (Lipinski definition) is 9. The molecule has 1 saturated carbocycles. The predicted octanol–water partition coefficient (Wildman–Crippen LogP) is 6.20. The fourth-order valence-corrected chi connectivity index (χ4v) is 12.5. The van der Waals surface area contributed by atoms with Crippen molar-refractivity contribution in [3.8, 4) is 5.75 Å². The number of rotatable bonds is 5. The predicted molar refractivity (Wildman–Crippen MR) is 219 cm³/mol. The van der Waals surface area contributed by atoms with Gasteiger partial charge < -0.3 is 19.1 Å². The Bertz CT molecular complexity index is 1990. The monoisotopic (exact) mass is 824 g/mol. The molecule has 1 N–H and O–H groups in total. The van der Waals surface area contributed by atoms with Crippen LogP contribution in [-0.2, 0) is 31.3 Å². The maximum absolute atomic E-state index is 15.6. The van der Waals surface area contributed by atoms with E-state index in [0.717, 1.165) is 109 Å². The van der Waals surface area contributed by atoms with Gasteiger partial charge in [-0.2, -0.15) is 0 Å². The number of ether oxygens (including phenoxy) is 3. The number of sulfonamides is 1. The molecule has 0 radical (unpaired) electrons. The highest BCUT2D eigenvalue weighted by molar-refractivity contribution is 7.90. The summed E-state index contributed by atoms with van der Waals surface area (Å²) in [5.74, 6) is 0.186. The summed E-state index contributed by atoms with van der Waals surface area (Å²) in [6.45, 7) is 12.9. The third-order valence-corrected chi connectivity index (χ3v) is 17.1. The Kier molecular flexibility index (Phi) is 11.2. The van der Waals surface area contributed by atoms with Crippen LogP contribution < -0.4 is 14.4 Å². The highest BCUT2D eigenvalue weighted by Gasteiger charge is 2.48. The minimum atomic E-state index is -3.98. The molecular formula is C44H58ClFN4O6S. The van der Waals surface area contributed by atoms with Crippen LogP contribution in [0.4, 0.5) is 10.1 Å². The number of allylic oxidation sites excluding steroid dienone is 1. The number of nitrogens with zero attached hydrogens (tertiary/aromatic N) is 3. The van der Waals surface area contributed by atoms with Crippen molar-refractivity contribution in [3.63, 3.8) is 0 Å². The number of carbonyl (C=O) groups is 1. The van der Waals surface area contributed by atoms with Crippen molar-refractivity contribution in [1.82, 2.24) is 14.5 Å². The van der Waals surface area contributed by atoms with Gasteiger partial charge >= 0.3 is 0 Å². The van der Waals surface area contributed by atoms with Crippen LogP contribution in [0.1, 0.15) is 80.3 Å². The van der Waals surface area contributed by atoms with Crippen LogP contribution in [0.15, 0.2) is 42.0 Å². The Morgan fingerprint density at radius 3 is 2.60 bits per heavy atom. The van der Waals surface area contributed by atoms with E-state index in [1.807, 2.05) is 13.0 Å². The third kappa shape index (κ3) is 7.65. The molecule has 1 spiro atoms. The number of piperazine rings is 1. The first-order valence-electron chi connectivity index (χ1n) is 21.4. The van der Waals surface area contributed by atoms with Crippen LogP contribution >= 0.6 is 11.6 Å². The van der Waals surface area contributed by atoms with Gasteiger partial charge in [-0.15, -0.1) is 0 Å². The van der Waals surface area contributed by atoms with Crippen molar-refractivity contribution in [3.05, 3.63) is 69.5 Å². The summed E-state index contributed by atoms with van der Waals surface area (Å²) in [5.41, 5.74) is 3.41. The van der Waals surface area contributed by atoms with Crippen molar-refractivity contribution in [2.75, 3.05) is 77.1 Å². The van der Waals surface area contributed by atoms with Crippen LogP contribution in [-0.4, -0.2) is 114 Å². The summed E-state index contributed by atoms with van der Waals surface area (Å²) in [5, 5.41) is -0.635. The van der Waals surface area contributed by atoms with Gasteiger partial charge in [-0.25, -0.2) is 17.5 Å². The van der Waals surface area contributed by atoms with Gasteiger partial charge in [0.2, 0.25) is 10.0 Å². The van der Waals surface area contributed by atoms with Gasteiger partial charge in [-0.05, 0) is 123 Å². The van der Waals surface area contributed by atoms with E-state index in [4.69, 9.17) is 25.8 Å². The zero-order chi connectivity index (χ0) is 39.5. The van der Waals surface area contributed by atoms with Gasteiger partial charge in [0.25, 0.3) is 5.91 Å². The second kappa shape index (κ2) is 16.0. The average Bonchev–Trinajstić information content (AvgIpc) is 3.33. The molecule has 2 aromatic rings.